The summed E-state index contributed by atoms with van der Waals surface area (Å²) in [5.41, 5.74) is 3.38. The highest BCUT2D eigenvalue weighted by molar-refractivity contribution is 6.30. The fourth-order valence-corrected chi connectivity index (χ4v) is 2.54. The Morgan fingerprint density at radius 1 is 1.17 bits per heavy atom. The van der Waals surface area contributed by atoms with Gasteiger partial charge in [0.2, 0.25) is 0 Å². The Kier molecular flexibility index (Phi) is 6.90. The van der Waals surface area contributed by atoms with Crippen LogP contribution in [0.15, 0.2) is 42.5 Å². The molecule has 0 heterocycles. The number of aliphatic hydroxyl groups excluding tert-OH is 1. The van der Waals surface area contributed by atoms with Gasteiger partial charge in [0, 0.05) is 23.2 Å². The van der Waals surface area contributed by atoms with Crippen LogP contribution in [-0.4, -0.2) is 17.8 Å². The van der Waals surface area contributed by atoms with Crippen molar-refractivity contribution in [3.63, 3.8) is 0 Å². The zero-order chi connectivity index (χ0) is 16.7. The predicted octanol–water partition coefficient (Wildman–Crippen LogP) is 4.09. The first kappa shape index (κ1) is 17.8. The molecule has 0 aliphatic heterocycles. The number of rotatable bonds is 8. The van der Waals surface area contributed by atoms with Gasteiger partial charge in [-0.15, -0.1) is 0 Å². The minimum Gasteiger partial charge on any atom is -0.489 e. The number of benzene rings is 2. The second kappa shape index (κ2) is 8.92. The van der Waals surface area contributed by atoms with Gasteiger partial charge in [0.05, 0.1) is 6.61 Å². The van der Waals surface area contributed by atoms with Crippen LogP contribution in [0.3, 0.4) is 0 Å². The Hall–Kier alpha value is -1.55. The zero-order valence-corrected chi connectivity index (χ0v) is 14.4. The minimum absolute atomic E-state index is 0.0817. The lowest BCUT2D eigenvalue weighted by Crippen LogP contribution is -2.31. The van der Waals surface area contributed by atoms with Gasteiger partial charge in [-0.25, -0.2) is 0 Å². The maximum Gasteiger partial charge on any atom is 0.124 e. The molecule has 2 aromatic carbocycles. The van der Waals surface area contributed by atoms with Gasteiger partial charge in [-0.2, -0.15) is 0 Å². The van der Waals surface area contributed by atoms with Crippen molar-refractivity contribution in [2.45, 2.75) is 39.5 Å². The van der Waals surface area contributed by atoms with Gasteiger partial charge >= 0.3 is 0 Å². The molecule has 0 unspecified atom stereocenters. The second-order valence-electron chi connectivity index (χ2n) is 5.64. The SMILES string of the molecule is CC[C@H](CO)NCc1cc(Cl)ccc1OCc1ccccc1C. The molecule has 0 fully saturated rings. The Bertz CT molecular complexity index is 627. The summed E-state index contributed by atoms with van der Waals surface area (Å²) in [4.78, 5) is 0. The molecule has 0 aromatic heterocycles. The van der Waals surface area contributed by atoms with E-state index in [2.05, 4.69) is 24.4 Å². The van der Waals surface area contributed by atoms with Crippen molar-refractivity contribution in [2.24, 2.45) is 0 Å². The molecule has 0 radical (unpaired) electrons. The molecule has 0 amide bonds. The Morgan fingerprint density at radius 2 is 1.96 bits per heavy atom. The fourth-order valence-electron chi connectivity index (χ4n) is 2.35. The van der Waals surface area contributed by atoms with Crippen LogP contribution in [0.2, 0.25) is 5.02 Å². The lowest BCUT2D eigenvalue weighted by molar-refractivity contribution is 0.237. The predicted molar refractivity (Wildman–Crippen MR) is 95.0 cm³/mol. The highest BCUT2D eigenvalue weighted by Crippen LogP contribution is 2.24. The Labute approximate surface area is 143 Å². The average molecular weight is 334 g/mol. The van der Waals surface area contributed by atoms with Gasteiger partial charge in [-0.1, -0.05) is 42.8 Å². The number of nitrogens with one attached hydrogen (secondary N) is 1. The summed E-state index contributed by atoms with van der Waals surface area (Å²) in [5, 5.41) is 13.3. The number of aliphatic hydroxyl groups is 1. The van der Waals surface area contributed by atoms with Crippen LogP contribution in [0.25, 0.3) is 0 Å². The van der Waals surface area contributed by atoms with Crippen LogP contribution >= 0.6 is 11.6 Å². The van der Waals surface area contributed by atoms with Crippen molar-refractivity contribution in [1.29, 1.82) is 0 Å². The molecule has 2 rings (SSSR count). The third kappa shape index (κ3) is 5.24. The third-order valence-electron chi connectivity index (χ3n) is 3.96. The van der Waals surface area contributed by atoms with E-state index < -0.39 is 0 Å². The largest absolute Gasteiger partial charge is 0.489 e. The van der Waals surface area contributed by atoms with Crippen LogP contribution in [0.1, 0.15) is 30.0 Å². The van der Waals surface area contributed by atoms with Crippen molar-refractivity contribution in [3.8, 4) is 5.75 Å². The quantitative estimate of drug-likeness (QED) is 0.764. The summed E-state index contributed by atoms with van der Waals surface area (Å²) >= 11 is 6.11. The molecule has 0 bridgehead atoms. The van der Waals surface area contributed by atoms with E-state index in [1.54, 1.807) is 0 Å². The first-order chi connectivity index (χ1) is 11.1. The zero-order valence-electron chi connectivity index (χ0n) is 13.7. The molecule has 0 spiro atoms. The molecule has 0 saturated carbocycles. The van der Waals surface area contributed by atoms with E-state index in [9.17, 15) is 5.11 Å². The second-order valence-corrected chi connectivity index (χ2v) is 6.07. The fraction of sp³-hybridized carbons (Fsp3) is 0.368. The summed E-state index contributed by atoms with van der Waals surface area (Å²) < 4.78 is 6.00. The standard InChI is InChI=1S/C19H24ClNO2/c1-3-18(12-22)21-11-16-10-17(20)8-9-19(16)23-13-15-7-5-4-6-14(15)2/h4-10,18,21-22H,3,11-13H2,1-2H3/t18-/m1/s1. The number of ether oxygens (including phenoxy) is 1. The van der Waals surface area contributed by atoms with Crippen LogP contribution < -0.4 is 10.1 Å². The van der Waals surface area contributed by atoms with E-state index in [1.165, 1.54) is 11.1 Å². The molecule has 2 aromatic rings. The van der Waals surface area contributed by atoms with Crippen molar-refractivity contribution >= 4 is 11.6 Å². The van der Waals surface area contributed by atoms with Crippen LogP contribution in [0.4, 0.5) is 0 Å². The Morgan fingerprint density at radius 3 is 2.65 bits per heavy atom. The summed E-state index contributed by atoms with van der Waals surface area (Å²) in [5.74, 6) is 0.818. The molecular weight excluding hydrogens is 310 g/mol. The van der Waals surface area contributed by atoms with Gasteiger partial charge < -0.3 is 15.2 Å². The van der Waals surface area contributed by atoms with Crippen LogP contribution in [0.5, 0.6) is 5.75 Å². The van der Waals surface area contributed by atoms with Gasteiger partial charge in [0.1, 0.15) is 12.4 Å². The smallest absolute Gasteiger partial charge is 0.124 e. The molecule has 0 saturated heterocycles. The highest BCUT2D eigenvalue weighted by Gasteiger charge is 2.09. The van der Waals surface area contributed by atoms with E-state index in [4.69, 9.17) is 16.3 Å². The first-order valence-corrected chi connectivity index (χ1v) is 8.31. The van der Waals surface area contributed by atoms with Crippen molar-refractivity contribution in [1.82, 2.24) is 5.32 Å². The first-order valence-electron chi connectivity index (χ1n) is 7.94. The monoisotopic (exact) mass is 333 g/mol. The highest BCUT2D eigenvalue weighted by atomic mass is 35.5. The molecular formula is C19H24ClNO2. The van der Waals surface area contributed by atoms with E-state index in [1.807, 2.05) is 37.3 Å². The molecule has 2 N–H and O–H groups in total. The van der Waals surface area contributed by atoms with Crippen LogP contribution in [-0.2, 0) is 13.2 Å². The summed E-state index contributed by atoms with van der Waals surface area (Å²) in [6, 6.07) is 13.9. The van der Waals surface area contributed by atoms with Crippen molar-refractivity contribution in [3.05, 3.63) is 64.2 Å². The molecule has 1 atom stereocenters. The number of hydrogen-bond acceptors (Lipinski definition) is 3. The molecule has 0 aliphatic rings. The summed E-state index contributed by atoms with van der Waals surface area (Å²) in [6.45, 7) is 5.38. The molecule has 0 aliphatic carbocycles. The van der Waals surface area contributed by atoms with E-state index in [0.717, 1.165) is 17.7 Å². The maximum absolute atomic E-state index is 9.29. The lowest BCUT2D eigenvalue weighted by Gasteiger charge is -2.17. The topological polar surface area (TPSA) is 41.5 Å². The van der Waals surface area contributed by atoms with Gasteiger partial charge in [0.15, 0.2) is 0 Å². The average Bonchev–Trinajstić information content (AvgIpc) is 2.56. The maximum atomic E-state index is 9.29. The summed E-state index contributed by atoms with van der Waals surface area (Å²) in [7, 11) is 0. The molecule has 4 heteroatoms. The van der Waals surface area contributed by atoms with Crippen LogP contribution in [0, 0.1) is 6.92 Å². The van der Waals surface area contributed by atoms with Crippen molar-refractivity contribution < 1.29 is 9.84 Å². The van der Waals surface area contributed by atoms with Gasteiger partial charge in [-0.3, -0.25) is 0 Å². The van der Waals surface area contributed by atoms with Gasteiger partial charge in [-0.05, 0) is 42.7 Å². The number of halogens is 1. The van der Waals surface area contributed by atoms with E-state index in [0.29, 0.717) is 18.2 Å². The van der Waals surface area contributed by atoms with Crippen molar-refractivity contribution in [2.75, 3.05) is 6.61 Å². The molecule has 124 valence electrons. The molecule has 23 heavy (non-hydrogen) atoms. The number of hydrogen-bond donors (Lipinski definition) is 2. The van der Waals surface area contributed by atoms with Gasteiger partial charge in [0.25, 0.3) is 0 Å². The lowest BCUT2D eigenvalue weighted by atomic mass is 10.1. The summed E-state index contributed by atoms with van der Waals surface area (Å²) in [6.07, 6.45) is 0.871. The number of aryl methyl sites for hydroxylation is 1. The Balaban J connectivity index is 2.07. The van der Waals surface area contributed by atoms with E-state index >= 15 is 0 Å². The van der Waals surface area contributed by atoms with E-state index in [-0.39, 0.29) is 12.6 Å². The molecule has 3 nitrogen and oxygen atoms in total. The normalized spacial score (nSPS) is 12.2. The minimum atomic E-state index is 0.0817. The third-order valence-corrected chi connectivity index (χ3v) is 4.20.